The van der Waals surface area contributed by atoms with Gasteiger partial charge in [0.25, 0.3) is 0 Å². The normalized spacial score (nSPS) is 10.5. The van der Waals surface area contributed by atoms with Crippen molar-refractivity contribution in [3.63, 3.8) is 0 Å². The van der Waals surface area contributed by atoms with E-state index in [0.717, 1.165) is 31.9 Å². The first kappa shape index (κ1) is 13.4. The molecule has 1 aromatic heterocycles. The van der Waals surface area contributed by atoms with Gasteiger partial charge in [-0.15, -0.1) is 0 Å². The minimum Gasteiger partial charge on any atom is -0.477 e. The number of pyridine rings is 1. The SMILES string of the molecule is CCN(CC)CCNc1ccc(C(=O)O)nc1. The molecule has 0 aliphatic carbocycles. The zero-order valence-corrected chi connectivity index (χ0v) is 10.3. The van der Waals surface area contributed by atoms with E-state index in [1.54, 1.807) is 12.3 Å². The van der Waals surface area contributed by atoms with Crippen LogP contribution >= 0.6 is 0 Å². The molecule has 0 spiro atoms. The second-order valence-corrected chi connectivity index (χ2v) is 3.69. The second-order valence-electron chi connectivity index (χ2n) is 3.69. The Morgan fingerprint density at radius 3 is 2.59 bits per heavy atom. The summed E-state index contributed by atoms with van der Waals surface area (Å²) < 4.78 is 0. The summed E-state index contributed by atoms with van der Waals surface area (Å²) in [6.45, 7) is 8.13. The number of aromatic carboxylic acids is 1. The second kappa shape index (κ2) is 6.85. The van der Waals surface area contributed by atoms with Crippen molar-refractivity contribution in [2.24, 2.45) is 0 Å². The van der Waals surface area contributed by atoms with Crippen molar-refractivity contribution < 1.29 is 9.90 Å². The molecule has 0 bridgehead atoms. The Kier molecular flexibility index (Phi) is 5.42. The van der Waals surface area contributed by atoms with Gasteiger partial charge in [0, 0.05) is 13.1 Å². The van der Waals surface area contributed by atoms with E-state index in [-0.39, 0.29) is 5.69 Å². The number of anilines is 1. The highest BCUT2D eigenvalue weighted by molar-refractivity contribution is 5.85. The van der Waals surface area contributed by atoms with E-state index in [1.165, 1.54) is 6.07 Å². The van der Waals surface area contributed by atoms with Crippen LogP contribution < -0.4 is 5.32 Å². The van der Waals surface area contributed by atoms with Crippen molar-refractivity contribution in [1.82, 2.24) is 9.88 Å². The summed E-state index contributed by atoms with van der Waals surface area (Å²) in [4.78, 5) is 16.8. The summed E-state index contributed by atoms with van der Waals surface area (Å²) in [5.41, 5.74) is 0.918. The molecule has 1 heterocycles. The quantitative estimate of drug-likeness (QED) is 0.753. The van der Waals surface area contributed by atoms with Gasteiger partial charge in [-0.2, -0.15) is 0 Å². The number of nitrogens with zero attached hydrogens (tertiary/aromatic N) is 2. The van der Waals surface area contributed by atoms with Gasteiger partial charge in [-0.05, 0) is 25.2 Å². The molecule has 0 aliphatic rings. The van der Waals surface area contributed by atoms with Crippen LogP contribution in [-0.4, -0.2) is 47.1 Å². The van der Waals surface area contributed by atoms with E-state index in [4.69, 9.17) is 5.11 Å². The Bertz CT molecular complexity index is 347. The Hall–Kier alpha value is -1.62. The van der Waals surface area contributed by atoms with E-state index in [9.17, 15) is 4.79 Å². The fourth-order valence-electron chi connectivity index (χ4n) is 1.52. The van der Waals surface area contributed by atoms with E-state index in [0.29, 0.717) is 0 Å². The Morgan fingerprint density at radius 1 is 1.41 bits per heavy atom. The van der Waals surface area contributed by atoms with Gasteiger partial charge in [0.05, 0.1) is 11.9 Å². The largest absolute Gasteiger partial charge is 0.477 e. The fourth-order valence-corrected chi connectivity index (χ4v) is 1.52. The smallest absolute Gasteiger partial charge is 0.354 e. The fraction of sp³-hybridized carbons (Fsp3) is 0.500. The van der Waals surface area contributed by atoms with Crippen LogP contribution in [0.25, 0.3) is 0 Å². The maximum Gasteiger partial charge on any atom is 0.354 e. The molecule has 0 amide bonds. The number of hydrogen-bond donors (Lipinski definition) is 2. The van der Waals surface area contributed by atoms with Crippen LogP contribution in [0, 0.1) is 0 Å². The first-order valence-electron chi connectivity index (χ1n) is 5.83. The Balaban J connectivity index is 2.39. The van der Waals surface area contributed by atoms with Crippen molar-refractivity contribution in [2.45, 2.75) is 13.8 Å². The van der Waals surface area contributed by atoms with Crippen LogP contribution in [-0.2, 0) is 0 Å². The summed E-state index contributed by atoms with van der Waals surface area (Å²) in [6, 6.07) is 3.24. The maximum absolute atomic E-state index is 10.6. The number of carboxylic acids is 1. The van der Waals surface area contributed by atoms with Crippen molar-refractivity contribution in [2.75, 3.05) is 31.5 Å². The number of hydrogen-bond acceptors (Lipinski definition) is 4. The highest BCUT2D eigenvalue weighted by Gasteiger charge is 2.03. The van der Waals surface area contributed by atoms with Crippen LogP contribution in [0.2, 0.25) is 0 Å². The third-order valence-corrected chi connectivity index (χ3v) is 2.63. The van der Waals surface area contributed by atoms with E-state index in [1.807, 2.05) is 0 Å². The van der Waals surface area contributed by atoms with Crippen LogP contribution in [0.1, 0.15) is 24.3 Å². The Labute approximate surface area is 101 Å². The molecule has 0 atom stereocenters. The number of likely N-dealkylation sites (N-methyl/N-ethyl adjacent to an activating group) is 1. The highest BCUT2D eigenvalue weighted by Crippen LogP contribution is 2.05. The van der Waals surface area contributed by atoms with Gasteiger partial charge in [-0.25, -0.2) is 9.78 Å². The molecule has 0 aromatic carbocycles. The molecule has 1 aromatic rings. The molecule has 0 fully saturated rings. The molecule has 94 valence electrons. The zero-order chi connectivity index (χ0) is 12.7. The van der Waals surface area contributed by atoms with Crippen LogP contribution in [0.3, 0.4) is 0 Å². The monoisotopic (exact) mass is 237 g/mol. The average molecular weight is 237 g/mol. The molecule has 0 saturated heterocycles. The van der Waals surface area contributed by atoms with Crippen molar-refractivity contribution in [1.29, 1.82) is 0 Å². The molecule has 17 heavy (non-hydrogen) atoms. The van der Waals surface area contributed by atoms with Gasteiger partial charge >= 0.3 is 5.97 Å². The first-order chi connectivity index (χ1) is 8.17. The Morgan fingerprint density at radius 2 is 2.12 bits per heavy atom. The highest BCUT2D eigenvalue weighted by atomic mass is 16.4. The van der Waals surface area contributed by atoms with Gasteiger partial charge in [-0.3, -0.25) is 0 Å². The molecule has 5 heteroatoms. The molecule has 1 rings (SSSR count). The third kappa shape index (κ3) is 4.40. The minimum absolute atomic E-state index is 0.0688. The summed E-state index contributed by atoms with van der Waals surface area (Å²) in [5, 5.41) is 11.9. The molecular formula is C12H19N3O2. The third-order valence-electron chi connectivity index (χ3n) is 2.63. The molecule has 2 N–H and O–H groups in total. The molecule has 0 unspecified atom stereocenters. The predicted octanol–water partition coefficient (Wildman–Crippen LogP) is 1.53. The topological polar surface area (TPSA) is 65.5 Å². The number of carbonyl (C=O) groups is 1. The van der Waals surface area contributed by atoms with Crippen molar-refractivity contribution >= 4 is 11.7 Å². The number of nitrogens with one attached hydrogen (secondary N) is 1. The van der Waals surface area contributed by atoms with Crippen molar-refractivity contribution in [3.05, 3.63) is 24.0 Å². The molecule has 0 radical (unpaired) electrons. The van der Waals surface area contributed by atoms with Gasteiger partial charge in [-0.1, -0.05) is 13.8 Å². The van der Waals surface area contributed by atoms with Crippen LogP contribution in [0.4, 0.5) is 5.69 Å². The summed E-state index contributed by atoms with van der Waals surface area (Å²) in [7, 11) is 0. The van der Waals surface area contributed by atoms with Gasteiger partial charge in [0.2, 0.25) is 0 Å². The summed E-state index contributed by atoms with van der Waals surface area (Å²) >= 11 is 0. The maximum atomic E-state index is 10.6. The molecular weight excluding hydrogens is 218 g/mol. The number of aromatic nitrogens is 1. The van der Waals surface area contributed by atoms with Crippen LogP contribution in [0.15, 0.2) is 18.3 Å². The number of carboxylic acid groups (broad SMARTS) is 1. The van der Waals surface area contributed by atoms with Crippen LogP contribution in [0.5, 0.6) is 0 Å². The minimum atomic E-state index is -1.00. The van der Waals surface area contributed by atoms with Gasteiger partial charge < -0.3 is 15.3 Å². The van der Waals surface area contributed by atoms with E-state index in [2.05, 4.69) is 29.0 Å². The predicted molar refractivity (Wildman–Crippen MR) is 67.5 cm³/mol. The zero-order valence-electron chi connectivity index (χ0n) is 10.3. The lowest BCUT2D eigenvalue weighted by atomic mass is 10.3. The lowest BCUT2D eigenvalue weighted by Crippen LogP contribution is -2.28. The summed E-state index contributed by atoms with van der Waals surface area (Å²) in [6.07, 6.45) is 1.55. The van der Waals surface area contributed by atoms with E-state index >= 15 is 0 Å². The summed E-state index contributed by atoms with van der Waals surface area (Å²) in [5.74, 6) is -1.00. The lowest BCUT2D eigenvalue weighted by molar-refractivity contribution is 0.0690. The first-order valence-corrected chi connectivity index (χ1v) is 5.83. The molecule has 0 aliphatic heterocycles. The average Bonchev–Trinajstić information content (AvgIpc) is 2.35. The molecule has 0 saturated carbocycles. The standard InChI is InChI=1S/C12H19N3O2/c1-3-15(4-2)8-7-13-10-5-6-11(12(16)17)14-9-10/h5-6,9,13H,3-4,7-8H2,1-2H3,(H,16,17). The van der Waals surface area contributed by atoms with Gasteiger partial charge in [0.15, 0.2) is 0 Å². The van der Waals surface area contributed by atoms with Crippen molar-refractivity contribution in [3.8, 4) is 0 Å². The number of rotatable bonds is 7. The molecule has 5 nitrogen and oxygen atoms in total. The lowest BCUT2D eigenvalue weighted by Gasteiger charge is -2.18. The van der Waals surface area contributed by atoms with Gasteiger partial charge in [0.1, 0.15) is 5.69 Å². The van der Waals surface area contributed by atoms with E-state index < -0.39 is 5.97 Å².